The normalized spacial score (nSPS) is 22.6. The smallest absolute Gasteiger partial charge is 0.243 e. The number of hydrogen-bond acceptors (Lipinski definition) is 5. The van der Waals surface area contributed by atoms with Gasteiger partial charge in [0, 0.05) is 31.6 Å². The van der Waals surface area contributed by atoms with Crippen LogP contribution >= 0.6 is 0 Å². The summed E-state index contributed by atoms with van der Waals surface area (Å²) in [5.41, 5.74) is 0.778. The molecular formula is C18H28N2O5S2. The molecule has 2 saturated heterocycles. The minimum absolute atomic E-state index is 0.311. The Morgan fingerprint density at radius 1 is 1.00 bits per heavy atom. The van der Waals surface area contributed by atoms with Crippen LogP contribution in [0.4, 0.5) is 0 Å². The molecule has 1 spiro atoms. The first-order valence-corrected chi connectivity index (χ1v) is 12.6. The molecule has 0 aliphatic carbocycles. The van der Waals surface area contributed by atoms with Crippen molar-refractivity contribution in [2.75, 3.05) is 45.6 Å². The molecule has 0 radical (unpaired) electrons. The topological polar surface area (TPSA) is 84.0 Å². The van der Waals surface area contributed by atoms with Crippen LogP contribution in [0.5, 0.6) is 0 Å². The Hall–Kier alpha value is -1.00. The minimum Gasteiger partial charge on any atom is -0.379 e. The summed E-state index contributed by atoms with van der Waals surface area (Å²) in [6, 6.07) is 7.03. The quantitative estimate of drug-likeness (QED) is 0.739. The van der Waals surface area contributed by atoms with E-state index in [0.717, 1.165) is 12.0 Å². The van der Waals surface area contributed by atoms with E-state index in [1.807, 2.05) is 19.1 Å². The summed E-state index contributed by atoms with van der Waals surface area (Å²) in [7, 11) is -6.83. The van der Waals surface area contributed by atoms with Crippen molar-refractivity contribution in [3.63, 3.8) is 0 Å². The molecule has 27 heavy (non-hydrogen) atoms. The fourth-order valence-corrected chi connectivity index (χ4v) is 6.14. The maximum absolute atomic E-state index is 12.9. The third-order valence-electron chi connectivity index (χ3n) is 5.63. The van der Waals surface area contributed by atoms with Crippen LogP contribution in [0.15, 0.2) is 29.2 Å². The molecule has 2 fully saturated rings. The summed E-state index contributed by atoms with van der Waals surface area (Å²) in [6.45, 7) is 4.37. The van der Waals surface area contributed by atoms with Gasteiger partial charge in [-0.1, -0.05) is 19.1 Å². The van der Waals surface area contributed by atoms with Gasteiger partial charge in [0.15, 0.2) is 0 Å². The predicted molar refractivity (Wildman–Crippen MR) is 103 cm³/mol. The van der Waals surface area contributed by atoms with Gasteiger partial charge in [0.05, 0.1) is 24.4 Å². The van der Waals surface area contributed by atoms with Crippen LogP contribution in [0, 0.1) is 5.41 Å². The van der Waals surface area contributed by atoms with Crippen molar-refractivity contribution >= 4 is 20.0 Å². The maximum Gasteiger partial charge on any atom is 0.243 e. The average molecular weight is 417 g/mol. The third-order valence-corrected chi connectivity index (χ3v) is 8.79. The summed E-state index contributed by atoms with van der Waals surface area (Å²) < 4.78 is 58.5. The highest BCUT2D eigenvalue weighted by Crippen LogP contribution is 2.36. The van der Waals surface area contributed by atoms with Crippen molar-refractivity contribution in [3.05, 3.63) is 29.8 Å². The van der Waals surface area contributed by atoms with Crippen LogP contribution < -0.4 is 0 Å². The van der Waals surface area contributed by atoms with E-state index in [1.165, 1.54) is 14.9 Å². The average Bonchev–Trinajstić information content (AvgIpc) is 2.85. The first-order valence-electron chi connectivity index (χ1n) is 9.28. The lowest BCUT2D eigenvalue weighted by Gasteiger charge is -2.41. The Kier molecular flexibility index (Phi) is 5.98. The van der Waals surface area contributed by atoms with Gasteiger partial charge in [0.25, 0.3) is 0 Å². The molecule has 3 rings (SSSR count). The lowest BCUT2D eigenvalue weighted by molar-refractivity contribution is 0.0345. The number of sulfonamides is 2. The first kappa shape index (κ1) is 20.7. The molecule has 0 bridgehead atoms. The van der Waals surface area contributed by atoms with Crippen LogP contribution in [-0.4, -0.2) is 71.1 Å². The fraction of sp³-hybridized carbons (Fsp3) is 0.667. The Morgan fingerprint density at radius 3 is 2.19 bits per heavy atom. The lowest BCUT2D eigenvalue weighted by Crippen LogP contribution is -2.49. The van der Waals surface area contributed by atoms with E-state index in [9.17, 15) is 16.8 Å². The van der Waals surface area contributed by atoms with Gasteiger partial charge in [-0.05, 0) is 37.0 Å². The van der Waals surface area contributed by atoms with Gasteiger partial charge in [0.1, 0.15) is 0 Å². The molecule has 9 heteroatoms. The van der Waals surface area contributed by atoms with Crippen LogP contribution in [0.25, 0.3) is 0 Å². The molecule has 0 saturated carbocycles. The van der Waals surface area contributed by atoms with E-state index >= 15 is 0 Å². The number of aryl methyl sites for hydroxylation is 1. The number of hydrogen-bond donors (Lipinski definition) is 0. The molecule has 1 aromatic carbocycles. The first-order chi connectivity index (χ1) is 12.7. The largest absolute Gasteiger partial charge is 0.379 e. The molecule has 1 aromatic rings. The molecule has 0 atom stereocenters. The van der Waals surface area contributed by atoms with E-state index < -0.39 is 20.0 Å². The summed E-state index contributed by atoms with van der Waals surface area (Å²) >= 11 is 0. The Labute approximate surface area is 162 Å². The van der Waals surface area contributed by atoms with E-state index in [4.69, 9.17) is 4.74 Å². The molecule has 0 N–H and O–H groups in total. The monoisotopic (exact) mass is 416 g/mol. The van der Waals surface area contributed by atoms with Crippen molar-refractivity contribution in [3.8, 4) is 0 Å². The molecule has 0 aromatic heterocycles. The Bertz CT molecular complexity index is 858. The van der Waals surface area contributed by atoms with E-state index in [1.54, 1.807) is 12.1 Å². The van der Waals surface area contributed by atoms with E-state index in [0.29, 0.717) is 57.1 Å². The summed E-state index contributed by atoms with van der Waals surface area (Å²) in [5.74, 6) is 0. The lowest BCUT2D eigenvalue weighted by atomic mass is 9.79. The van der Waals surface area contributed by atoms with E-state index in [2.05, 4.69) is 0 Å². The highest BCUT2D eigenvalue weighted by atomic mass is 32.2. The van der Waals surface area contributed by atoms with E-state index in [-0.39, 0.29) is 5.41 Å². The third kappa shape index (κ3) is 4.54. The second kappa shape index (κ2) is 7.79. The zero-order valence-electron chi connectivity index (χ0n) is 15.9. The minimum atomic E-state index is -3.53. The maximum atomic E-state index is 12.9. The highest BCUT2D eigenvalue weighted by molar-refractivity contribution is 7.89. The van der Waals surface area contributed by atoms with Gasteiger partial charge < -0.3 is 4.74 Å². The Balaban J connectivity index is 1.73. The molecule has 2 aliphatic rings. The van der Waals surface area contributed by atoms with Gasteiger partial charge in [-0.25, -0.2) is 16.8 Å². The van der Waals surface area contributed by atoms with Crippen molar-refractivity contribution in [1.82, 2.24) is 8.61 Å². The van der Waals surface area contributed by atoms with Crippen LogP contribution in [0.2, 0.25) is 0 Å². The van der Waals surface area contributed by atoms with Crippen LogP contribution in [0.3, 0.4) is 0 Å². The zero-order valence-corrected chi connectivity index (χ0v) is 17.6. The van der Waals surface area contributed by atoms with Gasteiger partial charge in [-0.15, -0.1) is 0 Å². The SMILES string of the molecule is CCc1ccc(S(=O)(=O)N2CCC3(CC2)COCCN(S(C)(=O)=O)C3)cc1. The van der Waals surface area contributed by atoms with Crippen LogP contribution in [-0.2, 0) is 31.2 Å². The van der Waals surface area contributed by atoms with Crippen molar-refractivity contribution < 1.29 is 21.6 Å². The van der Waals surface area contributed by atoms with Gasteiger partial charge in [-0.3, -0.25) is 0 Å². The molecule has 0 amide bonds. The van der Waals surface area contributed by atoms with Gasteiger partial charge >= 0.3 is 0 Å². The second-order valence-electron chi connectivity index (χ2n) is 7.55. The number of rotatable bonds is 4. The van der Waals surface area contributed by atoms with Crippen LogP contribution in [0.1, 0.15) is 25.3 Å². The fourth-order valence-electron chi connectivity index (χ4n) is 3.79. The molecular weight excluding hydrogens is 388 g/mol. The standard InChI is InChI=1S/C18H28N2O5S2/c1-3-16-4-6-17(7-5-16)27(23,24)19-10-8-18(9-11-19)14-20(26(2,21)22)12-13-25-15-18/h4-7H,3,8-15H2,1-2H3. The number of nitrogens with zero attached hydrogens (tertiary/aromatic N) is 2. The van der Waals surface area contributed by atoms with Gasteiger partial charge in [-0.2, -0.15) is 8.61 Å². The molecule has 2 heterocycles. The number of benzene rings is 1. The second-order valence-corrected chi connectivity index (χ2v) is 11.5. The Morgan fingerprint density at radius 2 is 1.63 bits per heavy atom. The number of piperidine rings is 1. The molecule has 2 aliphatic heterocycles. The van der Waals surface area contributed by atoms with Gasteiger partial charge in [0.2, 0.25) is 20.0 Å². The van der Waals surface area contributed by atoms with Crippen molar-refractivity contribution in [2.24, 2.45) is 5.41 Å². The zero-order chi connectivity index (χ0) is 19.7. The summed E-state index contributed by atoms with van der Waals surface area (Å²) in [6.07, 6.45) is 3.26. The molecule has 0 unspecified atom stereocenters. The van der Waals surface area contributed by atoms with Crippen molar-refractivity contribution in [1.29, 1.82) is 0 Å². The summed E-state index contributed by atoms with van der Waals surface area (Å²) in [5, 5.41) is 0. The number of ether oxygens (including phenoxy) is 1. The predicted octanol–water partition coefficient (Wildman–Crippen LogP) is 1.31. The molecule has 152 valence electrons. The summed E-state index contributed by atoms with van der Waals surface area (Å²) in [4.78, 5) is 0.311. The molecule has 7 nitrogen and oxygen atoms in total. The highest BCUT2D eigenvalue weighted by Gasteiger charge is 2.42. The van der Waals surface area contributed by atoms with Crippen molar-refractivity contribution in [2.45, 2.75) is 31.1 Å².